The number of hydrogen-bond donors (Lipinski definition) is 0. The molecule has 1 amide bonds. The molecule has 0 unspecified atom stereocenters. The van der Waals surface area contributed by atoms with Crippen molar-refractivity contribution < 1.29 is 4.79 Å². The van der Waals surface area contributed by atoms with Crippen molar-refractivity contribution in [2.75, 3.05) is 27.2 Å². The molecule has 0 saturated carbocycles. The number of likely N-dealkylation sites (N-methyl/N-ethyl adjacent to an activating group) is 2. The number of carbonyl (C=O) groups is 1. The number of carbonyl (C=O) groups excluding carboxylic acids is 1. The number of imidazole rings is 1. The van der Waals surface area contributed by atoms with Crippen molar-refractivity contribution in [3.05, 3.63) is 89.5 Å². The Morgan fingerprint density at radius 1 is 1.07 bits per heavy atom. The standard InChI is InChI=1S/C24H27N5O/c1-27(16-21-6-4-3-5-7-21)18-24(30)28(2)13-12-23-15-26-19-29(23)17-22-10-8-20(14-25)9-11-22/h3-11,15,19H,12-13,16-18H2,1-2H3. The minimum atomic E-state index is 0.103. The molecule has 0 atom stereocenters. The number of rotatable bonds is 9. The van der Waals surface area contributed by atoms with Crippen LogP contribution < -0.4 is 0 Å². The first-order chi connectivity index (χ1) is 14.5. The van der Waals surface area contributed by atoms with Gasteiger partial charge in [-0.2, -0.15) is 5.26 Å². The summed E-state index contributed by atoms with van der Waals surface area (Å²) < 4.78 is 2.08. The third-order valence-corrected chi connectivity index (χ3v) is 5.06. The van der Waals surface area contributed by atoms with Crippen LogP contribution in [0.2, 0.25) is 0 Å². The first-order valence-electron chi connectivity index (χ1n) is 9.99. The third kappa shape index (κ3) is 6.03. The molecule has 30 heavy (non-hydrogen) atoms. The number of nitriles is 1. The van der Waals surface area contributed by atoms with E-state index in [-0.39, 0.29) is 5.91 Å². The number of hydrogen-bond acceptors (Lipinski definition) is 4. The minimum absolute atomic E-state index is 0.103. The van der Waals surface area contributed by atoms with Gasteiger partial charge in [0, 0.05) is 45.0 Å². The van der Waals surface area contributed by atoms with Gasteiger partial charge in [0.05, 0.1) is 24.5 Å². The molecule has 0 aliphatic heterocycles. The Balaban J connectivity index is 1.49. The van der Waals surface area contributed by atoms with Gasteiger partial charge in [-0.25, -0.2) is 4.98 Å². The molecule has 2 aromatic carbocycles. The average Bonchev–Trinajstić information content (AvgIpc) is 3.20. The SMILES string of the molecule is CN(CC(=O)N(C)CCc1cncn1Cc1ccc(C#N)cc1)Cc1ccccc1. The Morgan fingerprint density at radius 3 is 2.50 bits per heavy atom. The second kappa shape index (κ2) is 10.4. The molecule has 6 heteroatoms. The van der Waals surface area contributed by atoms with Gasteiger partial charge in [-0.1, -0.05) is 42.5 Å². The Bertz CT molecular complexity index is 988. The van der Waals surface area contributed by atoms with E-state index in [0.29, 0.717) is 25.2 Å². The van der Waals surface area contributed by atoms with Gasteiger partial charge in [0.15, 0.2) is 0 Å². The molecule has 0 bridgehead atoms. The second-order valence-electron chi connectivity index (χ2n) is 7.54. The summed E-state index contributed by atoms with van der Waals surface area (Å²) in [5.41, 5.74) is 4.04. The molecule has 0 fully saturated rings. The van der Waals surface area contributed by atoms with Crippen molar-refractivity contribution in [3.63, 3.8) is 0 Å². The molecular formula is C24H27N5O. The van der Waals surface area contributed by atoms with Crippen LogP contribution in [0.5, 0.6) is 0 Å². The number of amides is 1. The van der Waals surface area contributed by atoms with Gasteiger partial charge in [0.1, 0.15) is 0 Å². The predicted molar refractivity (Wildman–Crippen MR) is 117 cm³/mol. The third-order valence-electron chi connectivity index (χ3n) is 5.06. The summed E-state index contributed by atoms with van der Waals surface area (Å²) >= 11 is 0. The molecule has 0 N–H and O–H groups in total. The average molecular weight is 402 g/mol. The lowest BCUT2D eigenvalue weighted by Crippen LogP contribution is -2.37. The molecule has 1 aromatic heterocycles. The van der Waals surface area contributed by atoms with E-state index < -0.39 is 0 Å². The quantitative estimate of drug-likeness (QED) is 0.553. The highest BCUT2D eigenvalue weighted by Crippen LogP contribution is 2.09. The molecular weight excluding hydrogens is 374 g/mol. The van der Waals surface area contributed by atoms with Gasteiger partial charge in [0.2, 0.25) is 5.91 Å². The first-order valence-corrected chi connectivity index (χ1v) is 9.99. The zero-order valence-corrected chi connectivity index (χ0v) is 17.5. The summed E-state index contributed by atoms with van der Waals surface area (Å²) in [6.45, 7) is 2.46. The zero-order chi connectivity index (χ0) is 21.3. The van der Waals surface area contributed by atoms with Crippen LogP contribution in [-0.4, -0.2) is 52.4 Å². The lowest BCUT2D eigenvalue weighted by atomic mass is 10.1. The number of benzene rings is 2. The first kappa shape index (κ1) is 21.3. The molecule has 3 aromatic rings. The summed E-state index contributed by atoms with van der Waals surface area (Å²) in [6, 6.07) is 19.9. The fourth-order valence-corrected chi connectivity index (χ4v) is 3.29. The fraction of sp³-hybridized carbons (Fsp3) is 0.292. The van der Waals surface area contributed by atoms with E-state index in [9.17, 15) is 4.79 Å². The zero-order valence-electron chi connectivity index (χ0n) is 17.5. The van der Waals surface area contributed by atoms with Gasteiger partial charge in [-0.15, -0.1) is 0 Å². The molecule has 154 valence electrons. The van der Waals surface area contributed by atoms with Crippen LogP contribution >= 0.6 is 0 Å². The lowest BCUT2D eigenvalue weighted by Gasteiger charge is -2.22. The Hall–Kier alpha value is -3.43. The highest BCUT2D eigenvalue weighted by Gasteiger charge is 2.13. The van der Waals surface area contributed by atoms with E-state index in [0.717, 1.165) is 24.2 Å². The van der Waals surface area contributed by atoms with Gasteiger partial charge >= 0.3 is 0 Å². The molecule has 0 aliphatic carbocycles. The van der Waals surface area contributed by atoms with Crippen LogP contribution in [0.4, 0.5) is 0 Å². The summed E-state index contributed by atoms with van der Waals surface area (Å²) in [5.74, 6) is 0.103. The van der Waals surface area contributed by atoms with E-state index in [2.05, 4.69) is 27.8 Å². The molecule has 3 rings (SSSR count). The van der Waals surface area contributed by atoms with Crippen molar-refractivity contribution in [1.82, 2.24) is 19.4 Å². The maximum Gasteiger partial charge on any atom is 0.236 e. The van der Waals surface area contributed by atoms with Crippen molar-refractivity contribution in [3.8, 4) is 6.07 Å². The lowest BCUT2D eigenvalue weighted by molar-refractivity contribution is -0.130. The summed E-state index contributed by atoms with van der Waals surface area (Å²) in [5, 5.41) is 8.92. The monoisotopic (exact) mass is 401 g/mol. The topological polar surface area (TPSA) is 65.2 Å². The number of aromatic nitrogens is 2. The number of nitrogens with zero attached hydrogens (tertiary/aromatic N) is 5. The van der Waals surface area contributed by atoms with Crippen molar-refractivity contribution in [2.45, 2.75) is 19.5 Å². The molecule has 0 saturated heterocycles. The highest BCUT2D eigenvalue weighted by atomic mass is 16.2. The van der Waals surface area contributed by atoms with E-state index in [1.54, 1.807) is 4.90 Å². The highest BCUT2D eigenvalue weighted by molar-refractivity contribution is 5.77. The van der Waals surface area contributed by atoms with Gasteiger partial charge in [0.25, 0.3) is 0 Å². The van der Waals surface area contributed by atoms with E-state index in [4.69, 9.17) is 5.26 Å². The maximum absolute atomic E-state index is 12.6. The Morgan fingerprint density at radius 2 is 1.80 bits per heavy atom. The van der Waals surface area contributed by atoms with Crippen LogP contribution in [0, 0.1) is 11.3 Å². The van der Waals surface area contributed by atoms with E-state index >= 15 is 0 Å². The van der Waals surface area contributed by atoms with Crippen LogP contribution in [0.1, 0.15) is 22.4 Å². The molecule has 0 radical (unpaired) electrons. The van der Waals surface area contributed by atoms with Crippen LogP contribution in [0.25, 0.3) is 0 Å². The molecule has 6 nitrogen and oxygen atoms in total. The van der Waals surface area contributed by atoms with E-state index in [1.807, 2.05) is 74.0 Å². The van der Waals surface area contributed by atoms with Crippen LogP contribution in [-0.2, 0) is 24.3 Å². The van der Waals surface area contributed by atoms with Crippen molar-refractivity contribution in [2.24, 2.45) is 0 Å². The van der Waals surface area contributed by atoms with Crippen molar-refractivity contribution in [1.29, 1.82) is 5.26 Å². The van der Waals surface area contributed by atoms with Gasteiger partial charge < -0.3 is 9.47 Å². The van der Waals surface area contributed by atoms with Crippen molar-refractivity contribution >= 4 is 5.91 Å². The second-order valence-corrected chi connectivity index (χ2v) is 7.54. The largest absolute Gasteiger partial charge is 0.344 e. The minimum Gasteiger partial charge on any atom is -0.344 e. The summed E-state index contributed by atoms with van der Waals surface area (Å²) in [4.78, 5) is 20.7. The summed E-state index contributed by atoms with van der Waals surface area (Å²) in [7, 11) is 3.81. The predicted octanol–water partition coefficient (Wildman–Crippen LogP) is 2.94. The van der Waals surface area contributed by atoms with Gasteiger partial charge in [-0.3, -0.25) is 9.69 Å². The maximum atomic E-state index is 12.6. The van der Waals surface area contributed by atoms with Crippen LogP contribution in [0.3, 0.4) is 0 Å². The normalized spacial score (nSPS) is 10.7. The van der Waals surface area contributed by atoms with E-state index in [1.165, 1.54) is 5.56 Å². The van der Waals surface area contributed by atoms with Crippen LogP contribution in [0.15, 0.2) is 67.1 Å². The Kier molecular flexibility index (Phi) is 7.36. The molecule has 0 spiro atoms. The molecule has 0 aliphatic rings. The molecule has 1 heterocycles. The Labute approximate surface area is 178 Å². The van der Waals surface area contributed by atoms with Gasteiger partial charge in [-0.05, 0) is 30.3 Å². The fourth-order valence-electron chi connectivity index (χ4n) is 3.29. The smallest absolute Gasteiger partial charge is 0.236 e. The summed E-state index contributed by atoms with van der Waals surface area (Å²) in [6.07, 6.45) is 4.40.